The number of methoxy groups -OCH3 is 2. The van der Waals surface area contributed by atoms with Crippen molar-refractivity contribution in [3.63, 3.8) is 0 Å². The van der Waals surface area contributed by atoms with E-state index < -0.39 is 6.04 Å². The van der Waals surface area contributed by atoms with Gasteiger partial charge < -0.3 is 19.2 Å². The van der Waals surface area contributed by atoms with Crippen molar-refractivity contribution in [1.29, 1.82) is 0 Å². The first kappa shape index (κ1) is 21.4. The van der Waals surface area contributed by atoms with Gasteiger partial charge in [0.25, 0.3) is 5.91 Å². The number of nitrogens with one attached hydrogen (secondary N) is 1. The summed E-state index contributed by atoms with van der Waals surface area (Å²) < 4.78 is 16.5. The normalized spacial score (nSPS) is 11.6. The average Bonchev–Trinajstić information content (AvgIpc) is 3.33. The first-order valence-electron chi connectivity index (χ1n) is 9.76. The van der Waals surface area contributed by atoms with Gasteiger partial charge in [-0.2, -0.15) is 0 Å². The number of halogens is 1. The van der Waals surface area contributed by atoms with E-state index in [-0.39, 0.29) is 11.8 Å². The summed E-state index contributed by atoms with van der Waals surface area (Å²) in [4.78, 5) is 13.1. The van der Waals surface area contributed by atoms with Crippen molar-refractivity contribution in [2.45, 2.75) is 6.04 Å². The summed E-state index contributed by atoms with van der Waals surface area (Å²) in [6.07, 6.45) is 0. The number of carbonyl (C=O) groups is 1. The highest BCUT2D eigenvalue weighted by Gasteiger charge is 2.24. The van der Waals surface area contributed by atoms with Crippen molar-refractivity contribution in [2.24, 2.45) is 0 Å². The van der Waals surface area contributed by atoms with E-state index in [4.69, 9.17) is 25.5 Å². The summed E-state index contributed by atoms with van der Waals surface area (Å²) >= 11 is 6.05. The van der Waals surface area contributed by atoms with E-state index in [2.05, 4.69) is 15.5 Å². The molecule has 0 aliphatic carbocycles. The van der Waals surface area contributed by atoms with Crippen LogP contribution in [-0.2, 0) is 0 Å². The average molecular weight is 450 g/mol. The molecule has 8 heteroatoms. The Hall–Kier alpha value is -3.84. The van der Waals surface area contributed by atoms with Gasteiger partial charge in [0.2, 0.25) is 11.8 Å². The van der Waals surface area contributed by atoms with Gasteiger partial charge in [0.05, 0.1) is 14.2 Å². The number of amides is 1. The minimum atomic E-state index is -0.683. The zero-order valence-electron chi connectivity index (χ0n) is 17.4. The molecule has 0 saturated heterocycles. The predicted molar refractivity (Wildman–Crippen MR) is 120 cm³/mol. The van der Waals surface area contributed by atoms with Gasteiger partial charge in [-0.1, -0.05) is 41.9 Å². The first-order chi connectivity index (χ1) is 15.6. The fourth-order valence-electron chi connectivity index (χ4n) is 3.18. The SMILES string of the molecule is COc1ccc(C(=O)N[C@H](c2ccc(Cl)cc2)c2nnc(-c3ccccc3)o2)cc1OC. The minimum absolute atomic E-state index is 0.250. The van der Waals surface area contributed by atoms with Gasteiger partial charge in [0.15, 0.2) is 11.5 Å². The molecule has 1 amide bonds. The third-order valence-corrected chi connectivity index (χ3v) is 5.08. The molecule has 0 aliphatic heterocycles. The van der Waals surface area contributed by atoms with Crippen LogP contribution in [-0.4, -0.2) is 30.3 Å². The van der Waals surface area contributed by atoms with E-state index in [0.717, 1.165) is 11.1 Å². The fourth-order valence-corrected chi connectivity index (χ4v) is 3.31. The van der Waals surface area contributed by atoms with Crippen LogP contribution in [0.25, 0.3) is 11.5 Å². The number of benzene rings is 3. The lowest BCUT2D eigenvalue weighted by atomic mass is 10.1. The third kappa shape index (κ3) is 4.58. The molecule has 1 atom stereocenters. The van der Waals surface area contributed by atoms with Gasteiger partial charge in [-0.05, 0) is 48.0 Å². The highest BCUT2D eigenvalue weighted by atomic mass is 35.5. The Morgan fingerprint density at radius 2 is 1.66 bits per heavy atom. The summed E-state index contributed by atoms with van der Waals surface area (Å²) in [5.41, 5.74) is 1.92. The molecular formula is C24H20ClN3O4. The maximum Gasteiger partial charge on any atom is 0.252 e. The quantitative estimate of drug-likeness (QED) is 0.430. The molecule has 4 aromatic rings. The molecule has 4 rings (SSSR count). The highest BCUT2D eigenvalue weighted by Crippen LogP contribution is 2.29. The number of ether oxygens (including phenoxy) is 2. The second kappa shape index (κ2) is 9.53. The third-order valence-electron chi connectivity index (χ3n) is 4.83. The topological polar surface area (TPSA) is 86.5 Å². The van der Waals surface area contributed by atoms with E-state index in [0.29, 0.717) is 28.0 Å². The Kier molecular flexibility index (Phi) is 6.37. The van der Waals surface area contributed by atoms with E-state index in [1.807, 2.05) is 30.3 Å². The van der Waals surface area contributed by atoms with Crippen LogP contribution in [0.15, 0.2) is 77.2 Å². The summed E-state index contributed by atoms with van der Waals surface area (Å²) in [6.45, 7) is 0. The van der Waals surface area contributed by atoms with Crippen molar-refractivity contribution in [3.05, 3.63) is 94.8 Å². The number of carbonyl (C=O) groups excluding carboxylic acids is 1. The van der Waals surface area contributed by atoms with Gasteiger partial charge in [-0.3, -0.25) is 4.79 Å². The van der Waals surface area contributed by atoms with E-state index in [1.54, 1.807) is 42.5 Å². The van der Waals surface area contributed by atoms with Crippen molar-refractivity contribution in [1.82, 2.24) is 15.5 Å². The Morgan fingerprint density at radius 1 is 0.938 bits per heavy atom. The molecule has 0 radical (unpaired) electrons. The summed E-state index contributed by atoms with van der Waals surface area (Å²) in [5, 5.41) is 11.9. The second-order valence-electron chi connectivity index (χ2n) is 6.84. The Balaban J connectivity index is 1.67. The molecule has 0 saturated carbocycles. The lowest BCUT2D eigenvalue weighted by molar-refractivity contribution is 0.0937. The number of rotatable bonds is 7. The van der Waals surface area contributed by atoms with Crippen LogP contribution in [0.5, 0.6) is 11.5 Å². The zero-order valence-corrected chi connectivity index (χ0v) is 18.2. The highest BCUT2D eigenvalue weighted by molar-refractivity contribution is 6.30. The van der Waals surface area contributed by atoms with Crippen LogP contribution in [0.2, 0.25) is 5.02 Å². The standard InChI is InChI=1S/C24H20ClN3O4/c1-30-19-13-10-17(14-20(19)31-2)22(29)26-21(15-8-11-18(25)12-9-15)24-28-27-23(32-24)16-6-4-3-5-7-16/h3-14,21H,1-2H3,(H,26,29)/t21-/m1/s1. The van der Waals surface area contributed by atoms with Gasteiger partial charge in [0.1, 0.15) is 6.04 Å². The molecule has 1 N–H and O–H groups in total. The number of hydrogen-bond acceptors (Lipinski definition) is 6. The molecule has 0 spiro atoms. The number of nitrogens with zero attached hydrogens (tertiary/aromatic N) is 2. The van der Waals surface area contributed by atoms with Crippen molar-refractivity contribution < 1.29 is 18.7 Å². The molecule has 1 heterocycles. The molecule has 0 bridgehead atoms. The second-order valence-corrected chi connectivity index (χ2v) is 7.28. The molecule has 162 valence electrons. The first-order valence-corrected chi connectivity index (χ1v) is 10.1. The van der Waals surface area contributed by atoms with Gasteiger partial charge in [-0.15, -0.1) is 10.2 Å². The molecule has 0 unspecified atom stereocenters. The van der Waals surface area contributed by atoms with E-state index in [1.165, 1.54) is 14.2 Å². The number of hydrogen-bond donors (Lipinski definition) is 1. The maximum absolute atomic E-state index is 13.1. The van der Waals surface area contributed by atoms with Crippen LogP contribution in [0, 0.1) is 0 Å². The van der Waals surface area contributed by atoms with Crippen LogP contribution in [0.1, 0.15) is 27.9 Å². The maximum atomic E-state index is 13.1. The molecule has 3 aromatic carbocycles. The van der Waals surface area contributed by atoms with Gasteiger partial charge >= 0.3 is 0 Å². The summed E-state index contributed by atoms with van der Waals surface area (Å²) in [5.74, 6) is 1.25. The molecule has 0 fully saturated rings. The Labute approximate surface area is 190 Å². The molecular weight excluding hydrogens is 430 g/mol. The number of aromatic nitrogens is 2. The monoisotopic (exact) mass is 449 g/mol. The minimum Gasteiger partial charge on any atom is -0.493 e. The van der Waals surface area contributed by atoms with Crippen molar-refractivity contribution in [3.8, 4) is 23.0 Å². The van der Waals surface area contributed by atoms with Crippen LogP contribution >= 0.6 is 11.6 Å². The summed E-state index contributed by atoms with van der Waals surface area (Å²) in [6, 6.07) is 20.7. The lowest BCUT2D eigenvalue weighted by Crippen LogP contribution is -2.29. The molecule has 7 nitrogen and oxygen atoms in total. The predicted octanol–water partition coefficient (Wildman–Crippen LogP) is 4.93. The smallest absolute Gasteiger partial charge is 0.252 e. The molecule has 32 heavy (non-hydrogen) atoms. The lowest BCUT2D eigenvalue weighted by Gasteiger charge is -2.17. The molecule has 1 aromatic heterocycles. The van der Waals surface area contributed by atoms with Crippen LogP contribution in [0.3, 0.4) is 0 Å². The largest absolute Gasteiger partial charge is 0.493 e. The summed E-state index contributed by atoms with van der Waals surface area (Å²) in [7, 11) is 3.05. The van der Waals surface area contributed by atoms with Gasteiger partial charge in [-0.25, -0.2) is 0 Å². The van der Waals surface area contributed by atoms with E-state index >= 15 is 0 Å². The fraction of sp³-hybridized carbons (Fsp3) is 0.125. The molecule has 0 aliphatic rings. The van der Waals surface area contributed by atoms with Gasteiger partial charge in [0, 0.05) is 16.1 Å². The Morgan fingerprint density at radius 3 is 2.34 bits per heavy atom. The van der Waals surface area contributed by atoms with Crippen LogP contribution in [0.4, 0.5) is 0 Å². The van der Waals surface area contributed by atoms with Crippen LogP contribution < -0.4 is 14.8 Å². The zero-order chi connectivity index (χ0) is 22.5. The van der Waals surface area contributed by atoms with Crippen molar-refractivity contribution >= 4 is 17.5 Å². The Bertz CT molecular complexity index is 1210. The van der Waals surface area contributed by atoms with E-state index in [9.17, 15) is 4.79 Å². The van der Waals surface area contributed by atoms with Crippen molar-refractivity contribution in [2.75, 3.05) is 14.2 Å².